The van der Waals surface area contributed by atoms with Gasteiger partial charge in [0.25, 0.3) is 0 Å². The lowest BCUT2D eigenvalue weighted by molar-refractivity contribution is -0.117. The highest BCUT2D eigenvalue weighted by atomic mass is 32.1. The van der Waals surface area contributed by atoms with Crippen LogP contribution in [0.3, 0.4) is 0 Å². The van der Waals surface area contributed by atoms with Crippen molar-refractivity contribution in [3.63, 3.8) is 0 Å². The number of carbonyl (C=O) groups is 2. The number of carbonyl (C=O) groups excluding carboxylic acids is 2. The van der Waals surface area contributed by atoms with Crippen LogP contribution in [0, 0.1) is 19.8 Å². The number of thiazole rings is 1. The molecule has 6 nitrogen and oxygen atoms in total. The van der Waals surface area contributed by atoms with E-state index in [4.69, 9.17) is 9.72 Å². The van der Waals surface area contributed by atoms with Crippen molar-refractivity contribution in [2.24, 2.45) is 5.92 Å². The van der Waals surface area contributed by atoms with Gasteiger partial charge in [-0.25, -0.2) is 9.78 Å². The summed E-state index contributed by atoms with van der Waals surface area (Å²) >= 11 is 1.53. The standard InChI is InChI=1S/C22H23N3O3S/c1-4-28-22(27)18-12(2)19(23-13(18)3)17-11-29-21(25-17)15-6-5-7-16(10-15)24-20(26)14-8-9-14/h5-7,10-11,14,23H,4,8-9H2,1-3H3,(H,24,26). The molecule has 1 fully saturated rings. The van der Waals surface area contributed by atoms with Crippen LogP contribution >= 0.6 is 11.3 Å². The van der Waals surface area contributed by atoms with E-state index in [0.717, 1.165) is 51.7 Å². The normalized spacial score (nSPS) is 13.3. The predicted octanol–water partition coefficient (Wildman–Crippen LogP) is 4.95. The van der Waals surface area contributed by atoms with Crippen molar-refractivity contribution in [1.29, 1.82) is 0 Å². The topological polar surface area (TPSA) is 84.1 Å². The Bertz CT molecular complexity index is 1080. The van der Waals surface area contributed by atoms with Gasteiger partial charge in [0.05, 0.1) is 23.6 Å². The number of anilines is 1. The van der Waals surface area contributed by atoms with E-state index in [9.17, 15) is 9.59 Å². The fourth-order valence-electron chi connectivity index (χ4n) is 3.36. The number of nitrogens with zero attached hydrogens (tertiary/aromatic N) is 1. The van der Waals surface area contributed by atoms with Crippen molar-refractivity contribution < 1.29 is 14.3 Å². The van der Waals surface area contributed by atoms with Gasteiger partial charge in [0.2, 0.25) is 5.91 Å². The largest absolute Gasteiger partial charge is 0.462 e. The van der Waals surface area contributed by atoms with Crippen molar-refractivity contribution >= 4 is 28.9 Å². The first-order valence-electron chi connectivity index (χ1n) is 9.71. The number of nitrogens with one attached hydrogen (secondary N) is 2. The summed E-state index contributed by atoms with van der Waals surface area (Å²) in [5.74, 6) is -0.0664. The molecule has 0 spiro atoms. The highest BCUT2D eigenvalue weighted by Gasteiger charge is 2.29. The van der Waals surface area contributed by atoms with Crippen LogP contribution in [0.15, 0.2) is 29.6 Å². The lowest BCUT2D eigenvalue weighted by Gasteiger charge is -2.05. The Hall–Kier alpha value is -2.93. The number of esters is 1. The van der Waals surface area contributed by atoms with Gasteiger partial charge in [-0.3, -0.25) is 4.79 Å². The summed E-state index contributed by atoms with van der Waals surface area (Å²) in [6, 6.07) is 7.73. The number of aromatic amines is 1. The van der Waals surface area contributed by atoms with Gasteiger partial charge in [0.15, 0.2) is 0 Å². The van der Waals surface area contributed by atoms with E-state index in [2.05, 4.69) is 10.3 Å². The van der Waals surface area contributed by atoms with Gasteiger partial charge in [-0.2, -0.15) is 0 Å². The molecular weight excluding hydrogens is 386 g/mol. The van der Waals surface area contributed by atoms with E-state index in [1.54, 1.807) is 6.92 Å². The summed E-state index contributed by atoms with van der Waals surface area (Å²) in [5, 5.41) is 5.80. The fourth-order valence-corrected chi connectivity index (χ4v) is 4.16. The zero-order valence-corrected chi connectivity index (χ0v) is 17.5. The number of H-pyrrole nitrogens is 1. The fraction of sp³-hybridized carbons (Fsp3) is 0.318. The Balaban J connectivity index is 1.60. The Morgan fingerprint density at radius 3 is 2.83 bits per heavy atom. The first kappa shape index (κ1) is 19.4. The maximum absolute atomic E-state index is 12.2. The molecule has 1 aliphatic rings. The second-order valence-corrected chi connectivity index (χ2v) is 8.09. The highest BCUT2D eigenvalue weighted by molar-refractivity contribution is 7.13. The molecule has 1 aromatic carbocycles. The van der Waals surface area contributed by atoms with E-state index in [0.29, 0.717) is 12.2 Å². The summed E-state index contributed by atoms with van der Waals surface area (Å²) in [4.78, 5) is 32.3. The van der Waals surface area contributed by atoms with Gasteiger partial charge in [-0.05, 0) is 51.3 Å². The van der Waals surface area contributed by atoms with Crippen LogP contribution in [0.5, 0.6) is 0 Å². The van der Waals surface area contributed by atoms with E-state index in [-0.39, 0.29) is 17.8 Å². The summed E-state index contributed by atoms with van der Waals surface area (Å²) in [5.41, 5.74) is 5.52. The number of aryl methyl sites for hydroxylation is 1. The van der Waals surface area contributed by atoms with Crippen molar-refractivity contribution in [2.75, 3.05) is 11.9 Å². The van der Waals surface area contributed by atoms with Crippen LogP contribution in [0.25, 0.3) is 22.0 Å². The smallest absolute Gasteiger partial charge is 0.340 e. The second kappa shape index (κ2) is 7.83. The maximum Gasteiger partial charge on any atom is 0.340 e. The van der Waals surface area contributed by atoms with E-state index < -0.39 is 0 Å². The first-order chi connectivity index (χ1) is 14.0. The van der Waals surface area contributed by atoms with Crippen LogP contribution in [-0.2, 0) is 9.53 Å². The Morgan fingerprint density at radius 1 is 1.31 bits per heavy atom. The molecule has 0 unspecified atom stereocenters. The number of benzene rings is 1. The Kier molecular flexibility index (Phi) is 5.24. The second-order valence-electron chi connectivity index (χ2n) is 7.23. The van der Waals surface area contributed by atoms with E-state index in [1.165, 1.54) is 11.3 Å². The summed E-state index contributed by atoms with van der Waals surface area (Å²) < 4.78 is 5.17. The van der Waals surface area contributed by atoms with E-state index in [1.807, 2.05) is 43.5 Å². The van der Waals surface area contributed by atoms with Crippen molar-refractivity contribution in [3.8, 4) is 22.0 Å². The van der Waals surface area contributed by atoms with Gasteiger partial charge in [-0.15, -0.1) is 11.3 Å². The molecule has 150 valence electrons. The summed E-state index contributed by atoms with van der Waals surface area (Å²) in [6.45, 7) is 5.90. The van der Waals surface area contributed by atoms with Gasteiger partial charge < -0.3 is 15.0 Å². The zero-order chi connectivity index (χ0) is 20.5. The maximum atomic E-state index is 12.2. The van der Waals surface area contributed by atoms with Gasteiger partial charge in [0, 0.05) is 28.2 Å². The van der Waals surface area contributed by atoms with Crippen molar-refractivity contribution in [2.45, 2.75) is 33.6 Å². The third-order valence-corrected chi connectivity index (χ3v) is 5.89. The number of hydrogen-bond acceptors (Lipinski definition) is 5. The molecule has 4 rings (SSSR count). The average Bonchev–Trinajstić information content (AvgIpc) is 3.36. The minimum Gasteiger partial charge on any atom is -0.462 e. The molecule has 29 heavy (non-hydrogen) atoms. The lowest BCUT2D eigenvalue weighted by Crippen LogP contribution is -2.13. The molecule has 1 saturated carbocycles. The monoisotopic (exact) mass is 409 g/mol. The number of rotatable bonds is 6. The Labute approximate surface area is 173 Å². The predicted molar refractivity (Wildman–Crippen MR) is 114 cm³/mol. The molecule has 0 radical (unpaired) electrons. The number of hydrogen-bond donors (Lipinski definition) is 2. The molecule has 0 atom stereocenters. The summed E-state index contributed by atoms with van der Waals surface area (Å²) in [7, 11) is 0. The van der Waals surface area contributed by atoms with Gasteiger partial charge in [0.1, 0.15) is 5.01 Å². The highest BCUT2D eigenvalue weighted by Crippen LogP contribution is 2.34. The minimum atomic E-state index is -0.320. The number of amides is 1. The van der Waals surface area contributed by atoms with Crippen LogP contribution in [-0.4, -0.2) is 28.5 Å². The third-order valence-electron chi connectivity index (χ3n) is 5.00. The van der Waals surface area contributed by atoms with Crippen LogP contribution in [0.4, 0.5) is 5.69 Å². The Morgan fingerprint density at radius 2 is 2.10 bits per heavy atom. The number of ether oxygens (including phenoxy) is 1. The molecule has 0 bridgehead atoms. The molecular formula is C22H23N3O3S. The molecule has 2 heterocycles. The zero-order valence-electron chi connectivity index (χ0n) is 16.7. The molecule has 2 aromatic heterocycles. The SMILES string of the molecule is CCOC(=O)c1c(C)[nH]c(-c2csc(-c3cccc(NC(=O)C4CC4)c3)n2)c1C. The molecule has 1 amide bonds. The third kappa shape index (κ3) is 3.96. The van der Waals surface area contributed by atoms with Gasteiger partial charge in [-0.1, -0.05) is 12.1 Å². The number of aromatic nitrogens is 2. The van der Waals surface area contributed by atoms with Crippen molar-refractivity contribution in [1.82, 2.24) is 9.97 Å². The molecule has 2 N–H and O–H groups in total. The molecule has 0 aliphatic heterocycles. The van der Waals surface area contributed by atoms with E-state index >= 15 is 0 Å². The molecule has 3 aromatic rings. The van der Waals surface area contributed by atoms with Crippen LogP contribution in [0.1, 0.15) is 41.4 Å². The van der Waals surface area contributed by atoms with Crippen molar-refractivity contribution in [3.05, 3.63) is 46.5 Å². The average molecular weight is 410 g/mol. The molecule has 7 heteroatoms. The first-order valence-corrected chi connectivity index (χ1v) is 10.6. The summed E-state index contributed by atoms with van der Waals surface area (Å²) in [6.07, 6.45) is 1.95. The molecule has 1 aliphatic carbocycles. The van der Waals surface area contributed by atoms with Crippen LogP contribution < -0.4 is 5.32 Å². The molecule has 0 saturated heterocycles. The lowest BCUT2D eigenvalue weighted by atomic mass is 10.1. The minimum absolute atomic E-state index is 0.0889. The van der Waals surface area contributed by atoms with Crippen LogP contribution in [0.2, 0.25) is 0 Å². The quantitative estimate of drug-likeness (QED) is 0.564. The van der Waals surface area contributed by atoms with Gasteiger partial charge >= 0.3 is 5.97 Å².